The van der Waals surface area contributed by atoms with Crippen LogP contribution in [0.25, 0.3) is 0 Å². The maximum atomic E-state index is 12.6. The second kappa shape index (κ2) is 8.11. The van der Waals surface area contributed by atoms with Gasteiger partial charge in [0.05, 0.1) is 16.3 Å². The predicted octanol–water partition coefficient (Wildman–Crippen LogP) is 5.37. The topological polar surface area (TPSA) is 47.6 Å². The average Bonchev–Trinajstić information content (AvgIpc) is 2.54. The van der Waals surface area contributed by atoms with Gasteiger partial charge in [0.15, 0.2) is 0 Å². The number of benzene rings is 2. The fourth-order valence-electron chi connectivity index (χ4n) is 1.89. The van der Waals surface area contributed by atoms with Gasteiger partial charge in [-0.05, 0) is 37.3 Å². The van der Waals surface area contributed by atoms with Crippen molar-refractivity contribution < 1.29 is 27.4 Å². The van der Waals surface area contributed by atoms with E-state index in [1.165, 1.54) is 12.1 Å². The fraction of sp³-hybridized carbons (Fsp3) is 0.235. The summed E-state index contributed by atoms with van der Waals surface area (Å²) in [6.07, 6.45) is -5.87. The number of hydrogen-bond acceptors (Lipinski definition) is 3. The molecule has 134 valence electrons. The van der Waals surface area contributed by atoms with E-state index in [1.807, 2.05) is 0 Å². The van der Waals surface area contributed by atoms with Crippen LogP contribution in [-0.2, 0) is 10.9 Å². The lowest BCUT2D eigenvalue weighted by Crippen LogP contribution is -2.25. The van der Waals surface area contributed by atoms with Gasteiger partial charge in [0.1, 0.15) is 18.5 Å². The van der Waals surface area contributed by atoms with Crippen LogP contribution in [0.1, 0.15) is 12.5 Å². The monoisotopic (exact) mass is 373 g/mol. The van der Waals surface area contributed by atoms with Crippen molar-refractivity contribution >= 4 is 23.4 Å². The third-order valence-corrected chi connectivity index (χ3v) is 3.39. The minimum Gasteiger partial charge on any atom is -0.490 e. The summed E-state index contributed by atoms with van der Waals surface area (Å²) in [6.45, 7) is 1.46. The van der Waals surface area contributed by atoms with Gasteiger partial charge in [-0.15, -0.1) is 0 Å². The van der Waals surface area contributed by atoms with Gasteiger partial charge in [-0.1, -0.05) is 29.8 Å². The molecule has 0 saturated carbocycles. The molecule has 0 fully saturated rings. The largest absolute Gasteiger partial charge is 0.490 e. The molecule has 0 aliphatic heterocycles. The van der Waals surface area contributed by atoms with E-state index in [2.05, 4.69) is 5.32 Å². The molecule has 8 heteroatoms. The normalized spacial score (nSPS) is 12.4. The number of nitrogens with one attached hydrogen (secondary N) is 1. The van der Waals surface area contributed by atoms with Crippen LogP contribution in [0.2, 0.25) is 5.02 Å². The van der Waals surface area contributed by atoms with E-state index in [9.17, 15) is 18.0 Å². The molecule has 1 unspecified atom stereocenters. The van der Waals surface area contributed by atoms with Crippen LogP contribution in [-0.4, -0.2) is 18.8 Å². The van der Waals surface area contributed by atoms with Crippen LogP contribution in [0, 0.1) is 0 Å². The molecule has 0 radical (unpaired) electrons. The summed E-state index contributed by atoms with van der Waals surface area (Å²) in [5.41, 5.74) is -0.421. The summed E-state index contributed by atoms with van der Waals surface area (Å²) < 4.78 is 48.2. The number of ether oxygens (including phenoxy) is 2. The van der Waals surface area contributed by atoms with Crippen LogP contribution in [0.15, 0.2) is 48.5 Å². The quantitative estimate of drug-likeness (QED) is 0.766. The molecular weight excluding hydrogens is 359 g/mol. The third kappa shape index (κ3) is 5.86. The molecule has 0 aromatic heterocycles. The van der Waals surface area contributed by atoms with Crippen molar-refractivity contribution in [3.63, 3.8) is 0 Å². The first kappa shape index (κ1) is 18.9. The Morgan fingerprint density at radius 1 is 1.20 bits per heavy atom. The van der Waals surface area contributed by atoms with Crippen molar-refractivity contribution in [3.8, 4) is 5.75 Å². The number of halogens is 4. The zero-order valence-electron chi connectivity index (χ0n) is 13.1. The van der Waals surface area contributed by atoms with E-state index in [1.54, 1.807) is 31.2 Å². The van der Waals surface area contributed by atoms with Crippen molar-refractivity contribution in [2.45, 2.75) is 19.2 Å². The SMILES string of the molecule is CC(COc1cccc(C(F)(F)F)c1)OC(=O)Nc1ccccc1Cl. The van der Waals surface area contributed by atoms with Gasteiger partial charge in [-0.3, -0.25) is 5.32 Å². The second-order valence-corrected chi connectivity index (χ2v) is 5.56. The molecule has 0 spiro atoms. The molecule has 25 heavy (non-hydrogen) atoms. The van der Waals surface area contributed by atoms with Gasteiger partial charge >= 0.3 is 12.3 Å². The highest BCUT2D eigenvalue weighted by Crippen LogP contribution is 2.31. The number of rotatable bonds is 5. The van der Waals surface area contributed by atoms with E-state index in [0.29, 0.717) is 10.7 Å². The van der Waals surface area contributed by atoms with Crippen LogP contribution < -0.4 is 10.1 Å². The number of para-hydroxylation sites is 1. The second-order valence-electron chi connectivity index (χ2n) is 5.16. The lowest BCUT2D eigenvalue weighted by atomic mass is 10.2. The van der Waals surface area contributed by atoms with Gasteiger partial charge < -0.3 is 9.47 Å². The number of alkyl halides is 3. The zero-order chi connectivity index (χ0) is 18.4. The van der Waals surface area contributed by atoms with E-state index in [-0.39, 0.29) is 12.4 Å². The Bertz CT molecular complexity index is 737. The summed E-state index contributed by atoms with van der Waals surface area (Å²) in [5, 5.41) is 2.82. The van der Waals surface area contributed by atoms with E-state index < -0.39 is 23.9 Å². The molecule has 4 nitrogen and oxygen atoms in total. The molecule has 0 bridgehead atoms. The number of anilines is 1. The van der Waals surface area contributed by atoms with Crippen molar-refractivity contribution in [1.82, 2.24) is 0 Å². The molecule has 2 aromatic carbocycles. The van der Waals surface area contributed by atoms with Gasteiger partial charge in [-0.2, -0.15) is 13.2 Å². The highest BCUT2D eigenvalue weighted by molar-refractivity contribution is 6.33. The zero-order valence-corrected chi connectivity index (χ0v) is 13.9. The summed E-state index contributed by atoms with van der Waals surface area (Å²) in [4.78, 5) is 11.8. The van der Waals surface area contributed by atoms with Crippen LogP contribution in [0.4, 0.5) is 23.7 Å². The summed E-state index contributed by atoms with van der Waals surface area (Å²) in [7, 11) is 0. The van der Waals surface area contributed by atoms with Crippen LogP contribution >= 0.6 is 11.6 Å². The van der Waals surface area contributed by atoms with Gasteiger partial charge in [0, 0.05) is 0 Å². The summed E-state index contributed by atoms with van der Waals surface area (Å²) in [5.74, 6) is 0.0387. The molecule has 0 aliphatic rings. The third-order valence-electron chi connectivity index (χ3n) is 3.06. The minimum absolute atomic E-state index is 0.0387. The number of hydrogen-bond donors (Lipinski definition) is 1. The standard InChI is InChI=1S/C17H15ClF3NO3/c1-11(25-16(23)22-15-8-3-2-7-14(15)18)10-24-13-6-4-5-12(9-13)17(19,20)21/h2-9,11H,10H2,1H3,(H,22,23). The number of carbonyl (C=O) groups is 1. The highest BCUT2D eigenvalue weighted by atomic mass is 35.5. The molecule has 1 amide bonds. The smallest absolute Gasteiger partial charge is 0.416 e. The Hall–Kier alpha value is -2.41. The molecule has 1 N–H and O–H groups in total. The lowest BCUT2D eigenvalue weighted by Gasteiger charge is -2.16. The van der Waals surface area contributed by atoms with Crippen molar-refractivity contribution in [3.05, 3.63) is 59.1 Å². The fourth-order valence-corrected chi connectivity index (χ4v) is 2.08. The van der Waals surface area contributed by atoms with Crippen LogP contribution in [0.3, 0.4) is 0 Å². The molecular formula is C17H15ClF3NO3. The summed E-state index contributed by atoms with van der Waals surface area (Å²) >= 11 is 5.91. The number of carbonyl (C=O) groups excluding carboxylic acids is 1. The molecule has 2 rings (SSSR count). The predicted molar refractivity (Wildman–Crippen MR) is 88.0 cm³/mol. The molecule has 0 saturated heterocycles. The summed E-state index contributed by atoms with van der Waals surface area (Å²) in [6, 6.07) is 11.1. The molecule has 0 aliphatic carbocycles. The Morgan fingerprint density at radius 3 is 2.60 bits per heavy atom. The van der Waals surface area contributed by atoms with E-state index >= 15 is 0 Å². The maximum Gasteiger partial charge on any atom is 0.416 e. The Kier molecular flexibility index (Phi) is 6.14. The highest BCUT2D eigenvalue weighted by Gasteiger charge is 2.30. The first-order chi connectivity index (χ1) is 11.8. The van der Waals surface area contributed by atoms with Gasteiger partial charge in [0.2, 0.25) is 0 Å². The first-order valence-corrected chi connectivity index (χ1v) is 7.65. The first-order valence-electron chi connectivity index (χ1n) is 7.28. The van der Waals surface area contributed by atoms with Crippen molar-refractivity contribution in [2.24, 2.45) is 0 Å². The molecule has 0 heterocycles. The Balaban J connectivity index is 1.85. The van der Waals surface area contributed by atoms with E-state index in [0.717, 1.165) is 12.1 Å². The van der Waals surface area contributed by atoms with Crippen LogP contribution in [0.5, 0.6) is 5.75 Å². The van der Waals surface area contributed by atoms with E-state index in [4.69, 9.17) is 21.1 Å². The van der Waals surface area contributed by atoms with Gasteiger partial charge in [-0.25, -0.2) is 4.79 Å². The van der Waals surface area contributed by atoms with Gasteiger partial charge in [0.25, 0.3) is 0 Å². The Labute approximate surface area is 147 Å². The lowest BCUT2D eigenvalue weighted by molar-refractivity contribution is -0.137. The average molecular weight is 374 g/mol. The van der Waals surface area contributed by atoms with Crippen molar-refractivity contribution in [2.75, 3.05) is 11.9 Å². The Morgan fingerprint density at radius 2 is 1.92 bits per heavy atom. The molecule has 1 atom stereocenters. The maximum absolute atomic E-state index is 12.6. The number of amides is 1. The van der Waals surface area contributed by atoms with Crippen molar-refractivity contribution in [1.29, 1.82) is 0 Å². The minimum atomic E-state index is -4.45. The molecule has 2 aromatic rings.